The molecule has 2 nitrogen and oxygen atoms in total. The van der Waals surface area contributed by atoms with Crippen molar-refractivity contribution in [2.75, 3.05) is 0 Å². The summed E-state index contributed by atoms with van der Waals surface area (Å²) in [5, 5.41) is 0. The molecule has 0 spiro atoms. The zero-order chi connectivity index (χ0) is 5.98. The molecule has 1 fully saturated rings. The van der Waals surface area contributed by atoms with Crippen LogP contribution in [0.25, 0.3) is 0 Å². The molecule has 0 amide bonds. The predicted octanol–water partition coefficient (Wildman–Crippen LogP) is 0.497. The molecule has 0 aromatic carbocycles. The zero-order valence-electron chi connectivity index (χ0n) is 5.59. The first kappa shape index (κ1) is 9.85. The van der Waals surface area contributed by atoms with Crippen LogP contribution < -0.4 is 0 Å². The molecular formula is C6H8KO2. The van der Waals surface area contributed by atoms with E-state index in [1.54, 1.807) is 0 Å². The molecule has 1 aliphatic rings. The van der Waals surface area contributed by atoms with E-state index < -0.39 is 0 Å². The average molecular weight is 151 g/mol. The number of hydrogen-bond donors (Lipinski definition) is 0. The molecule has 1 saturated carbocycles. The van der Waals surface area contributed by atoms with Crippen LogP contribution in [0.15, 0.2) is 12.7 Å². The molecular weight excluding hydrogens is 143 g/mol. The van der Waals surface area contributed by atoms with Crippen molar-refractivity contribution >= 4 is 57.4 Å². The number of hydrogen-bond acceptors (Lipinski definition) is 2. The summed E-state index contributed by atoms with van der Waals surface area (Å²) in [6.45, 7) is 3.27. The summed E-state index contributed by atoms with van der Waals surface area (Å²) in [6, 6.07) is 0. The van der Waals surface area contributed by atoms with E-state index in [-0.39, 0.29) is 63.5 Å². The molecule has 0 atom stereocenters. The van der Waals surface area contributed by atoms with Gasteiger partial charge in [0, 0.05) is 57.5 Å². The van der Waals surface area contributed by atoms with Crippen LogP contribution in [0.4, 0.5) is 0 Å². The van der Waals surface area contributed by atoms with Crippen LogP contribution >= 0.6 is 0 Å². The fourth-order valence-corrected chi connectivity index (χ4v) is 0.398. The van der Waals surface area contributed by atoms with Gasteiger partial charge in [0.2, 0.25) is 0 Å². The van der Waals surface area contributed by atoms with Gasteiger partial charge in [-0.2, -0.15) is 0 Å². The molecule has 1 rings (SSSR count). The fraction of sp³-hybridized carbons (Fsp3) is 0.500. The van der Waals surface area contributed by atoms with Crippen molar-refractivity contribution in [2.45, 2.75) is 18.9 Å². The Hall–Kier alpha value is 0.846. The third kappa shape index (κ3) is 4.28. The monoisotopic (exact) mass is 151 g/mol. The van der Waals surface area contributed by atoms with E-state index in [1.165, 1.54) is 6.08 Å². The Morgan fingerprint density at radius 3 is 2.56 bits per heavy atom. The zero-order valence-corrected chi connectivity index (χ0v) is 8.72. The van der Waals surface area contributed by atoms with Gasteiger partial charge in [-0.3, -0.25) is 0 Å². The quantitative estimate of drug-likeness (QED) is 0.326. The smallest absolute Gasteiger partial charge is 0.330 e. The molecule has 0 heterocycles. The van der Waals surface area contributed by atoms with Gasteiger partial charge in [-0.25, -0.2) is 4.79 Å². The normalized spacial score (nSPS) is 15.6. The Labute approximate surface area is 97.1 Å². The summed E-state index contributed by atoms with van der Waals surface area (Å²) < 4.78 is 4.75. The Kier molecular flexibility index (Phi) is 5.06. The molecule has 0 aromatic rings. The molecule has 0 aliphatic heterocycles. The summed E-state index contributed by atoms with van der Waals surface area (Å²) in [5.41, 5.74) is 0. The Bertz CT molecular complexity index is 118. The second-order valence-electron chi connectivity index (χ2n) is 1.84. The van der Waals surface area contributed by atoms with Crippen molar-refractivity contribution in [3.8, 4) is 0 Å². The first-order valence-electron chi connectivity index (χ1n) is 2.66. The molecule has 3 heteroatoms. The first-order valence-corrected chi connectivity index (χ1v) is 2.66. The van der Waals surface area contributed by atoms with Gasteiger partial charge < -0.3 is 4.74 Å². The third-order valence-electron chi connectivity index (χ3n) is 0.974. The van der Waals surface area contributed by atoms with E-state index >= 15 is 0 Å². The van der Waals surface area contributed by atoms with Gasteiger partial charge in [-0.05, 0) is 12.8 Å². The van der Waals surface area contributed by atoms with E-state index in [0.717, 1.165) is 12.8 Å². The SMILES string of the molecule is C=CC(=O)OC1CC1.[K]. The largest absolute Gasteiger partial charge is 0.459 e. The molecule has 0 saturated heterocycles. The van der Waals surface area contributed by atoms with Crippen LogP contribution in [0.1, 0.15) is 12.8 Å². The second-order valence-corrected chi connectivity index (χ2v) is 1.84. The average Bonchev–Trinajstić information content (AvgIpc) is 2.50. The van der Waals surface area contributed by atoms with Gasteiger partial charge in [0.1, 0.15) is 6.10 Å². The maximum Gasteiger partial charge on any atom is 0.330 e. The first-order chi connectivity index (χ1) is 3.83. The summed E-state index contributed by atoms with van der Waals surface area (Å²) in [6.07, 6.45) is 3.46. The molecule has 1 aliphatic carbocycles. The third-order valence-corrected chi connectivity index (χ3v) is 0.974. The summed E-state index contributed by atoms with van der Waals surface area (Å²) in [5.74, 6) is -0.299. The molecule has 45 valence electrons. The van der Waals surface area contributed by atoms with E-state index in [1.807, 2.05) is 0 Å². The van der Waals surface area contributed by atoms with Crippen LogP contribution in [0.3, 0.4) is 0 Å². The van der Waals surface area contributed by atoms with Crippen molar-refractivity contribution in [1.82, 2.24) is 0 Å². The van der Waals surface area contributed by atoms with Crippen LogP contribution in [-0.4, -0.2) is 63.5 Å². The molecule has 9 heavy (non-hydrogen) atoms. The van der Waals surface area contributed by atoms with Gasteiger partial charge in [0.05, 0.1) is 0 Å². The van der Waals surface area contributed by atoms with Gasteiger partial charge in [0.25, 0.3) is 0 Å². The van der Waals surface area contributed by atoms with Crippen molar-refractivity contribution in [3.05, 3.63) is 12.7 Å². The Morgan fingerprint density at radius 1 is 1.67 bits per heavy atom. The van der Waals surface area contributed by atoms with E-state index in [4.69, 9.17) is 4.74 Å². The standard InChI is InChI=1S/C6H8O2.K/c1-2-6(7)8-5-3-4-5;/h2,5H,1,3-4H2;. The van der Waals surface area contributed by atoms with Crippen LogP contribution in [0, 0.1) is 0 Å². The maximum atomic E-state index is 10.3. The van der Waals surface area contributed by atoms with E-state index in [2.05, 4.69) is 6.58 Å². The van der Waals surface area contributed by atoms with Gasteiger partial charge in [0.15, 0.2) is 0 Å². The van der Waals surface area contributed by atoms with Crippen molar-refractivity contribution in [2.24, 2.45) is 0 Å². The van der Waals surface area contributed by atoms with Crippen LogP contribution in [0.5, 0.6) is 0 Å². The number of rotatable bonds is 2. The Balaban J connectivity index is 0.000000640. The summed E-state index contributed by atoms with van der Waals surface area (Å²) in [7, 11) is 0. The topological polar surface area (TPSA) is 26.3 Å². The van der Waals surface area contributed by atoms with E-state index in [9.17, 15) is 4.79 Å². The minimum atomic E-state index is -0.299. The number of carbonyl (C=O) groups excluding carboxylic acids is 1. The predicted molar refractivity (Wildman–Crippen MR) is 35.1 cm³/mol. The van der Waals surface area contributed by atoms with Crippen LogP contribution in [0.2, 0.25) is 0 Å². The van der Waals surface area contributed by atoms with Gasteiger partial charge in [-0.1, -0.05) is 6.58 Å². The summed E-state index contributed by atoms with van der Waals surface area (Å²) >= 11 is 0. The van der Waals surface area contributed by atoms with E-state index in [0.29, 0.717) is 0 Å². The molecule has 0 unspecified atom stereocenters. The van der Waals surface area contributed by atoms with Crippen LogP contribution in [-0.2, 0) is 9.53 Å². The molecule has 0 aromatic heterocycles. The molecule has 1 radical (unpaired) electrons. The maximum absolute atomic E-state index is 10.3. The number of ether oxygens (including phenoxy) is 1. The van der Waals surface area contributed by atoms with Crippen molar-refractivity contribution in [1.29, 1.82) is 0 Å². The Morgan fingerprint density at radius 2 is 2.22 bits per heavy atom. The van der Waals surface area contributed by atoms with Crippen molar-refractivity contribution < 1.29 is 9.53 Å². The number of carbonyl (C=O) groups is 1. The fourth-order valence-electron chi connectivity index (χ4n) is 0.398. The molecule has 0 N–H and O–H groups in total. The van der Waals surface area contributed by atoms with Gasteiger partial charge in [-0.15, -0.1) is 0 Å². The summed E-state index contributed by atoms with van der Waals surface area (Å²) in [4.78, 5) is 10.3. The van der Waals surface area contributed by atoms with Crippen molar-refractivity contribution in [3.63, 3.8) is 0 Å². The molecule has 0 bridgehead atoms. The van der Waals surface area contributed by atoms with Gasteiger partial charge >= 0.3 is 5.97 Å². The second kappa shape index (κ2) is 4.63. The minimum Gasteiger partial charge on any atom is -0.459 e. The number of esters is 1. The minimum absolute atomic E-state index is 0.